The van der Waals surface area contributed by atoms with Gasteiger partial charge < -0.3 is 4.74 Å². The summed E-state index contributed by atoms with van der Waals surface area (Å²) in [7, 11) is -3.96. The van der Waals surface area contributed by atoms with E-state index >= 15 is 0 Å². The number of fused-ring (bicyclic) bond motifs is 1. The molecule has 0 aliphatic heterocycles. The summed E-state index contributed by atoms with van der Waals surface area (Å²) >= 11 is 4.33. The van der Waals surface area contributed by atoms with Crippen LogP contribution in [0, 0.1) is 29.9 Å². The van der Waals surface area contributed by atoms with Gasteiger partial charge in [0.15, 0.2) is 11.6 Å². The maximum atomic E-state index is 14.9. The molecule has 1 aromatic heterocycles. The number of halogens is 2. The molecule has 0 saturated carbocycles. The fourth-order valence-corrected chi connectivity index (χ4v) is 4.77. The standard InChI is InChI=1S/C22H14F2N2O3S2/c1-13-2-5-16(6-3-13)31(27,28)26-9-8-17-20(26)11-19(24)21(22(17)30)29-15-4-7-18(23)14(10-15)12-25/h2-11,30H,1H3. The number of benzene rings is 3. The molecule has 3 aromatic carbocycles. The third-order valence-electron chi connectivity index (χ3n) is 4.70. The average Bonchev–Trinajstić information content (AvgIpc) is 3.17. The monoisotopic (exact) mass is 456 g/mol. The number of nitriles is 1. The van der Waals surface area contributed by atoms with Crippen molar-refractivity contribution in [2.45, 2.75) is 16.7 Å². The van der Waals surface area contributed by atoms with Crippen LogP contribution in [-0.4, -0.2) is 12.4 Å². The number of aromatic nitrogens is 1. The second-order valence-corrected chi connectivity index (χ2v) is 9.02. The van der Waals surface area contributed by atoms with Crippen molar-refractivity contribution in [3.63, 3.8) is 0 Å². The number of rotatable bonds is 4. The highest BCUT2D eigenvalue weighted by Gasteiger charge is 2.23. The summed E-state index contributed by atoms with van der Waals surface area (Å²) < 4.78 is 61.0. The highest BCUT2D eigenvalue weighted by Crippen LogP contribution is 2.38. The SMILES string of the molecule is Cc1ccc(S(=O)(=O)n2ccc3c(S)c(Oc4ccc(F)c(C#N)c4)c(F)cc32)cc1. The second kappa shape index (κ2) is 7.72. The Morgan fingerprint density at radius 2 is 1.74 bits per heavy atom. The van der Waals surface area contributed by atoms with Gasteiger partial charge in [-0.2, -0.15) is 5.26 Å². The van der Waals surface area contributed by atoms with E-state index in [1.165, 1.54) is 30.5 Å². The third kappa shape index (κ3) is 3.65. The summed E-state index contributed by atoms with van der Waals surface area (Å²) in [4.78, 5) is 0.128. The lowest BCUT2D eigenvalue weighted by Crippen LogP contribution is -2.12. The predicted molar refractivity (Wildman–Crippen MR) is 114 cm³/mol. The Morgan fingerprint density at radius 3 is 2.42 bits per heavy atom. The number of hydrogen-bond acceptors (Lipinski definition) is 5. The first-order chi connectivity index (χ1) is 14.7. The van der Waals surface area contributed by atoms with Gasteiger partial charge in [-0.3, -0.25) is 0 Å². The smallest absolute Gasteiger partial charge is 0.268 e. The van der Waals surface area contributed by atoms with E-state index in [1.807, 2.05) is 6.92 Å². The molecule has 0 radical (unpaired) electrons. The van der Waals surface area contributed by atoms with E-state index in [4.69, 9.17) is 10.00 Å². The Bertz CT molecular complexity index is 1470. The molecule has 0 saturated heterocycles. The van der Waals surface area contributed by atoms with E-state index < -0.39 is 21.7 Å². The molecule has 0 amide bonds. The van der Waals surface area contributed by atoms with Gasteiger partial charge in [-0.25, -0.2) is 21.2 Å². The Hall–Kier alpha value is -3.35. The van der Waals surface area contributed by atoms with Gasteiger partial charge in [0.1, 0.15) is 17.6 Å². The molecule has 0 aliphatic rings. The van der Waals surface area contributed by atoms with E-state index in [0.717, 1.165) is 27.7 Å². The van der Waals surface area contributed by atoms with Crippen LogP contribution in [0.2, 0.25) is 0 Å². The van der Waals surface area contributed by atoms with Gasteiger partial charge >= 0.3 is 0 Å². The molecule has 0 fully saturated rings. The fraction of sp³-hybridized carbons (Fsp3) is 0.0455. The molecular formula is C22H14F2N2O3S2. The van der Waals surface area contributed by atoms with Gasteiger partial charge in [-0.1, -0.05) is 17.7 Å². The summed E-state index contributed by atoms with van der Waals surface area (Å²) in [5.74, 6) is -1.82. The summed E-state index contributed by atoms with van der Waals surface area (Å²) in [6.45, 7) is 1.84. The van der Waals surface area contributed by atoms with Crippen LogP contribution < -0.4 is 4.74 Å². The van der Waals surface area contributed by atoms with Crippen LogP contribution in [0.4, 0.5) is 8.78 Å². The summed E-state index contributed by atoms with van der Waals surface area (Å²) in [6.07, 6.45) is 1.31. The minimum atomic E-state index is -3.96. The third-order valence-corrected chi connectivity index (χ3v) is 6.84. The van der Waals surface area contributed by atoms with E-state index in [-0.39, 0.29) is 32.4 Å². The van der Waals surface area contributed by atoms with Gasteiger partial charge in [0.25, 0.3) is 10.0 Å². The summed E-state index contributed by atoms with van der Waals surface area (Å²) in [6, 6.07) is 13.9. The quantitative estimate of drug-likeness (QED) is 0.417. The number of aryl methyl sites for hydroxylation is 1. The maximum absolute atomic E-state index is 14.9. The Labute approximate surface area is 182 Å². The highest BCUT2D eigenvalue weighted by atomic mass is 32.2. The van der Waals surface area contributed by atoms with Crippen molar-refractivity contribution in [3.8, 4) is 17.6 Å². The van der Waals surface area contributed by atoms with Crippen molar-refractivity contribution in [1.29, 1.82) is 5.26 Å². The highest BCUT2D eigenvalue weighted by molar-refractivity contribution is 7.90. The topological polar surface area (TPSA) is 72.1 Å². The molecule has 31 heavy (non-hydrogen) atoms. The Kier molecular flexibility index (Phi) is 5.21. The summed E-state index contributed by atoms with van der Waals surface area (Å²) in [5, 5.41) is 9.30. The largest absolute Gasteiger partial charge is 0.453 e. The minimum Gasteiger partial charge on any atom is -0.453 e. The van der Waals surface area contributed by atoms with E-state index in [0.29, 0.717) is 5.39 Å². The van der Waals surface area contributed by atoms with Crippen LogP contribution in [0.3, 0.4) is 0 Å². The lowest BCUT2D eigenvalue weighted by Gasteiger charge is -2.12. The first-order valence-corrected chi connectivity index (χ1v) is 10.8. The molecule has 156 valence electrons. The number of hydrogen-bond donors (Lipinski definition) is 1. The van der Waals surface area contributed by atoms with Crippen LogP contribution in [0.15, 0.2) is 70.6 Å². The van der Waals surface area contributed by atoms with Crippen LogP contribution in [0.25, 0.3) is 10.9 Å². The second-order valence-electron chi connectivity index (χ2n) is 6.75. The molecular weight excluding hydrogens is 442 g/mol. The van der Waals surface area contributed by atoms with Crippen molar-refractivity contribution in [2.24, 2.45) is 0 Å². The molecule has 0 N–H and O–H groups in total. The first-order valence-electron chi connectivity index (χ1n) is 8.94. The van der Waals surface area contributed by atoms with Gasteiger partial charge in [-0.05, 0) is 37.3 Å². The first kappa shape index (κ1) is 20.9. The summed E-state index contributed by atoms with van der Waals surface area (Å²) in [5.41, 5.74) is 0.740. The van der Waals surface area contributed by atoms with Crippen molar-refractivity contribution in [1.82, 2.24) is 3.97 Å². The molecule has 5 nitrogen and oxygen atoms in total. The van der Waals surface area contributed by atoms with Gasteiger partial charge in [0, 0.05) is 23.7 Å². The van der Waals surface area contributed by atoms with Crippen LogP contribution >= 0.6 is 12.6 Å². The Balaban J connectivity index is 1.81. The number of thiol groups is 1. The van der Waals surface area contributed by atoms with Crippen LogP contribution in [-0.2, 0) is 10.0 Å². The maximum Gasteiger partial charge on any atom is 0.268 e. The lowest BCUT2D eigenvalue weighted by atomic mass is 10.2. The van der Waals surface area contributed by atoms with Crippen molar-refractivity contribution in [3.05, 3.63) is 83.6 Å². The normalized spacial score (nSPS) is 11.5. The Morgan fingerprint density at radius 1 is 1.03 bits per heavy atom. The van der Waals surface area contributed by atoms with Crippen molar-refractivity contribution in [2.75, 3.05) is 0 Å². The number of nitrogens with zero attached hydrogens (tertiary/aromatic N) is 2. The predicted octanol–water partition coefficient (Wildman–Crippen LogP) is 5.42. The zero-order valence-corrected chi connectivity index (χ0v) is 17.7. The number of ether oxygens (including phenoxy) is 1. The fourth-order valence-electron chi connectivity index (χ4n) is 3.09. The van der Waals surface area contributed by atoms with Crippen LogP contribution in [0.1, 0.15) is 11.1 Å². The molecule has 0 spiro atoms. The minimum absolute atomic E-state index is 0.0400. The van der Waals surface area contributed by atoms with E-state index in [2.05, 4.69) is 12.6 Å². The molecule has 0 aliphatic carbocycles. The van der Waals surface area contributed by atoms with Crippen molar-refractivity contribution >= 4 is 33.6 Å². The van der Waals surface area contributed by atoms with Gasteiger partial charge in [-0.15, -0.1) is 12.6 Å². The molecule has 4 aromatic rings. The van der Waals surface area contributed by atoms with E-state index in [1.54, 1.807) is 18.2 Å². The molecule has 0 bridgehead atoms. The van der Waals surface area contributed by atoms with Gasteiger partial charge in [0.2, 0.25) is 0 Å². The lowest BCUT2D eigenvalue weighted by molar-refractivity contribution is 0.431. The zero-order chi connectivity index (χ0) is 22.3. The zero-order valence-electron chi connectivity index (χ0n) is 16.0. The molecule has 0 unspecified atom stereocenters. The van der Waals surface area contributed by atoms with Gasteiger partial charge in [0.05, 0.1) is 20.9 Å². The van der Waals surface area contributed by atoms with Crippen LogP contribution in [0.5, 0.6) is 11.5 Å². The van der Waals surface area contributed by atoms with E-state index in [9.17, 15) is 17.2 Å². The average molecular weight is 456 g/mol. The molecule has 9 heteroatoms. The molecule has 0 atom stereocenters. The molecule has 4 rings (SSSR count). The molecule has 1 heterocycles. The van der Waals surface area contributed by atoms with Crippen molar-refractivity contribution < 1.29 is 21.9 Å².